The zero-order valence-corrected chi connectivity index (χ0v) is 18.7. The Morgan fingerprint density at radius 3 is 2.21 bits per heavy atom. The van der Waals surface area contributed by atoms with E-state index in [0.29, 0.717) is 0 Å². The number of nitrogens with zero attached hydrogens (tertiary/aromatic N) is 2. The van der Waals surface area contributed by atoms with Gasteiger partial charge in [-0.2, -0.15) is 0 Å². The van der Waals surface area contributed by atoms with Crippen LogP contribution in [-0.4, -0.2) is 40.9 Å². The van der Waals surface area contributed by atoms with Crippen LogP contribution in [0.25, 0.3) is 0 Å². The van der Waals surface area contributed by atoms with Crippen molar-refractivity contribution in [2.45, 2.75) is 72.0 Å². The van der Waals surface area contributed by atoms with E-state index >= 15 is 0 Å². The summed E-state index contributed by atoms with van der Waals surface area (Å²) in [7, 11) is 2.08. The molecule has 3 atom stereocenters. The Balaban J connectivity index is 2.02. The summed E-state index contributed by atoms with van der Waals surface area (Å²) in [6, 6.07) is 16.9. The first-order valence-corrected chi connectivity index (χ1v) is 10.6. The second-order valence-corrected chi connectivity index (χ2v) is 8.66. The highest BCUT2D eigenvalue weighted by molar-refractivity contribution is 5.97. The molecule has 4 nitrogen and oxygen atoms in total. The Morgan fingerprint density at radius 1 is 1.00 bits per heavy atom. The third-order valence-corrected chi connectivity index (χ3v) is 5.99. The van der Waals surface area contributed by atoms with E-state index in [0.717, 1.165) is 16.7 Å². The van der Waals surface area contributed by atoms with Gasteiger partial charge in [-0.05, 0) is 59.7 Å². The molecule has 2 aromatic rings. The Bertz CT molecular complexity index is 839. The lowest BCUT2D eigenvalue weighted by Gasteiger charge is -2.33. The zero-order chi connectivity index (χ0) is 21.3. The monoisotopic (exact) mass is 394 g/mol. The lowest BCUT2D eigenvalue weighted by Crippen LogP contribution is -2.43. The van der Waals surface area contributed by atoms with E-state index in [-0.39, 0.29) is 36.4 Å². The van der Waals surface area contributed by atoms with Crippen molar-refractivity contribution in [3.8, 4) is 0 Å². The van der Waals surface area contributed by atoms with Gasteiger partial charge in [-0.1, -0.05) is 48.5 Å². The van der Waals surface area contributed by atoms with Crippen LogP contribution in [0.3, 0.4) is 0 Å². The molecule has 1 saturated heterocycles. The predicted octanol–water partition coefficient (Wildman–Crippen LogP) is 5.34. The molecule has 1 amide bonds. The molecule has 29 heavy (non-hydrogen) atoms. The first-order valence-electron chi connectivity index (χ1n) is 10.6. The fourth-order valence-corrected chi connectivity index (χ4v) is 4.45. The number of rotatable bonds is 5. The minimum Gasteiger partial charge on any atom is -0.349 e. The SMILES string of the molecule is Cc1cccc([C@@H]2O[C@H](c3ccccc3)[C@H](C)N2C)c1C(=O)N(C(C)C)C(C)C. The summed E-state index contributed by atoms with van der Waals surface area (Å²) >= 11 is 0. The molecule has 1 heterocycles. The molecule has 0 N–H and O–H groups in total. The van der Waals surface area contributed by atoms with Crippen molar-refractivity contribution in [2.75, 3.05) is 7.05 Å². The summed E-state index contributed by atoms with van der Waals surface area (Å²) in [6.07, 6.45) is -0.281. The van der Waals surface area contributed by atoms with Crippen molar-refractivity contribution in [1.82, 2.24) is 9.80 Å². The number of hydrogen-bond donors (Lipinski definition) is 0. The molecule has 2 aromatic carbocycles. The first kappa shape index (κ1) is 21.5. The second kappa shape index (κ2) is 8.68. The lowest BCUT2D eigenvalue weighted by molar-refractivity contribution is 0.00450. The molecule has 0 aliphatic carbocycles. The third kappa shape index (κ3) is 4.10. The smallest absolute Gasteiger partial charge is 0.255 e. The normalized spacial score (nSPS) is 22.4. The van der Waals surface area contributed by atoms with Crippen LogP contribution in [-0.2, 0) is 4.74 Å². The van der Waals surface area contributed by atoms with Gasteiger partial charge in [0.25, 0.3) is 5.91 Å². The fraction of sp³-hybridized carbons (Fsp3) is 0.480. The van der Waals surface area contributed by atoms with E-state index in [1.54, 1.807) is 0 Å². The molecule has 0 unspecified atom stereocenters. The summed E-state index contributed by atoms with van der Waals surface area (Å²) in [5.41, 5.74) is 3.88. The summed E-state index contributed by atoms with van der Waals surface area (Å²) in [4.78, 5) is 17.8. The third-order valence-electron chi connectivity index (χ3n) is 5.99. The minimum atomic E-state index is -0.254. The number of hydrogen-bond acceptors (Lipinski definition) is 3. The molecule has 1 fully saturated rings. The van der Waals surface area contributed by atoms with Gasteiger partial charge in [0.05, 0.1) is 0 Å². The Labute approximate surface area is 175 Å². The van der Waals surface area contributed by atoms with Crippen LogP contribution >= 0.6 is 0 Å². The number of carbonyl (C=O) groups is 1. The molecule has 0 radical (unpaired) electrons. The highest BCUT2D eigenvalue weighted by Crippen LogP contribution is 2.42. The van der Waals surface area contributed by atoms with Crippen molar-refractivity contribution in [2.24, 2.45) is 0 Å². The van der Waals surface area contributed by atoms with Crippen LogP contribution < -0.4 is 0 Å². The van der Waals surface area contributed by atoms with Crippen molar-refractivity contribution in [1.29, 1.82) is 0 Å². The second-order valence-electron chi connectivity index (χ2n) is 8.66. The average molecular weight is 395 g/mol. The summed E-state index contributed by atoms with van der Waals surface area (Å²) in [5, 5.41) is 0. The molecule has 0 bridgehead atoms. The van der Waals surface area contributed by atoms with Gasteiger partial charge >= 0.3 is 0 Å². The quantitative estimate of drug-likeness (QED) is 0.686. The first-order chi connectivity index (χ1) is 13.7. The summed E-state index contributed by atoms with van der Waals surface area (Å²) in [5.74, 6) is 0.0796. The standard InChI is InChI=1S/C25H34N2O2/c1-16(2)27(17(3)4)24(28)22-18(5)12-11-15-21(22)25-26(7)19(6)23(29-25)20-13-9-8-10-14-20/h8-17,19,23,25H,1-7H3/t19-,23-,25-/m0/s1. The Morgan fingerprint density at radius 2 is 1.62 bits per heavy atom. The maximum atomic E-state index is 13.6. The molecule has 156 valence electrons. The van der Waals surface area contributed by atoms with Crippen LogP contribution in [0.4, 0.5) is 0 Å². The predicted molar refractivity (Wildman–Crippen MR) is 118 cm³/mol. The maximum absolute atomic E-state index is 13.6. The van der Waals surface area contributed by atoms with Crippen LogP contribution in [0.1, 0.15) is 74.0 Å². The molecule has 1 aliphatic heterocycles. The highest BCUT2D eigenvalue weighted by Gasteiger charge is 2.41. The van der Waals surface area contributed by atoms with Crippen LogP contribution in [0.5, 0.6) is 0 Å². The molecule has 0 aromatic heterocycles. The summed E-state index contributed by atoms with van der Waals surface area (Å²) in [6.45, 7) is 12.5. The van der Waals surface area contributed by atoms with Gasteiger partial charge in [0, 0.05) is 29.3 Å². The molecule has 1 aliphatic rings. The van der Waals surface area contributed by atoms with Crippen molar-refractivity contribution >= 4 is 5.91 Å². The van der Waals surface area contributed by atoms with Gasteiger partial charge in [-0.3, -0.25) is 9.69 Å². The van der Waals surface area contributed by atoms with Crippen molar-refractivity contribution in [3.05, 3.63) is 70.8 Å². The number of amides is 1. The zero-order valence-electron chi connectivity index (χ0n) is 18.7. The number of ether oxygens (including phenoxy) is 1. The minimum absolute atomic E-state index is 0.0269. The van der Waals surface area contributed by atoms with Gasteiger partial charge in [0.15, 0.2) is 0 Å². The maximum Gasteiger partial charge on any atom is 0.255 e. The molecule has 0 spiro atoms. The highest BCUT2D eigenvalue weighted by atomic mass is 16.5. The Kier molecular flexibility index (Phi) is 6.45. The molecule has 4 heteroatoms. The number of aryl methyl sites for hydroxylation is 1. The lowest BCUT2D eigenvalue weighted by atomic mass is 9.97. The number of likely N-dealkylation sites (N-methyl/N-ethyl adjacent to an activating group) is 1. The molecular formula is C25H34N2O2. The average Bonchev–Trinajstić information content (AvgIpc) is 2.96. The van der Waals surface area contributed by atoms with E-state index in [1.807, 2.05) is 48.2 Å². The fourth-order valence-electron chi connectivity index (χ4n) is 4.45. The van der Waals surface area contributed by atoms with E-state index in [1.165, 1.54) is 5.56 Å². The van der Waals surface area contributed by atoms with E-state index in [4.69, 9.17) is 4.74 Å². The van der Waals surface area contributed by atoms with Crippen LogP contribution in [0.2, 0.25) is 0 Å². The Hall–Kier alpha value is -2.17. The van der Waals surface area contributed by atoms with E-state index in [9.17, 15) is 4.79 Å². The number of benzene rings is 2. The molecular weight excluding hydrogens is 360 g/mol. The number of carbonyl (C=O) groups excluding carboxylic acids is 1. The summed E-state index contributed by atoms with van der Waals surface area (Å²) < 4.78 is 6.56. The van der Waals surface area contributed by atoms with Gasteiger partial charge < -0.3 is 9.64 Å². The van der Waals surface area contributed by atoms with Gasteiger partial charge in [-0.25, -0.2) is 0 Å². The van der Waals surface area contributed by atoms with Crippen molar-refractivity contribution in [3.63, 3.8) is 0 Å². The topological polar surface area (TPSA) is 32.8 Å². The van der Waals surface area contributed by atoms with Crippen LogP contribution in [0, 0.1) is 6.92 Å². The van der Waals surface area contributed by atoms with Gasteiger partial charge in [-0.15, -0.1) is 0 Å². The molecule has 0 saturated carbocycles. The van der Waals surface area contributed by atoms with Crippen LogP contribution in [0.15, 0.2) is 48.5 Å². The van der Waals surface area contributed by atoms with Gasteiger partial charge in [0.2, 0.25) is 0 Å². The van der Waals surface area contributed by atoms with Gasteiger partial charge in [0.1, 0.15) is 12.3 Å². The molecule has 3 rings (SSSR count). The van der Waals surface area contributed by atoms with Crippen molar-refractivity contribution < 1.29 is 9.53 Å². The van der Waals surface area contributed by atoms with E-state index in [2.05, 4.69) is 58.7 Å². The largest absolute Gasteiger partial charge is 0.349 e. The van der Waals surface area contributed by atoms with E-state index < -0.39 is 0 Å².